The van der Waals surface area contributed by atoms with Gasteiger partial charge in [-0.15, -0.1) is 0 Å². The van der Waals surface area contributed by atoms with E-state index >= 15 is 0 Å². The van der Waals surface area contributed by atoms with Crippen LogP contribution in [0.15, 0.2) is 41.8 Å². The molecule has 124 valence electrons. The topological polar surface area (TPSA) is 85.8 Å². The summed E-state index contributed by atoms with van der Waals surface area (Å²) in [5, 5.41) is 0.881. The molecule has 0 aliphatic rings. The first-order chi connectivity index (χ1) is 11.5. The lowest BCUT2D eigenvalue weighted by atomic mass is 10.2. The van der Waals surface area contributed by atoms with Gasteiger partial charge in [0.2, 0.25) is 11.9 Å². The van der Waals surface area contributed by atoms with E-state index in [-0.39, 0.29) is 5.95 Å². The van der Waals surface area contributed by atoms with Crippen LogP contribution in [-0.2, 0) is 5.75 Å². The van der Waals surface area contributed by atoms with Gasteiger partial charge in [0, 0.05) is 32.2 Å². The van der Waals surface area contributed by atoms with Gasteiger partial charge in [-0.3, -0.25) is 4.57 Å². The van der Waals surface area contributed by atoms with Crippen molar-refractivity contribution in [3.8, 4) is 5.69 Å². The summed E-state index contributed by atoms with van der Waals surface area (Å²) < 4.78 is 2.05. The molecule has 0 fully saturated rings. The number of imidazole rings is 1. The Hall–Kier alpha value is -2.61. The normalized spacial score (nSPS) is 10.8. The van der Waals surface area contributed by atoms with Crippen LogP contribution in [0, 0.1) is 6.92 Å². The number of hydrogen-bond donors (Lipinski definition) is 1. The van der Waals surface area contributed by atoms with Crippen LogP contribution in [0.25, 0.3) is 5.69 Å². The molecule has 1 aromatic carbocycles. The zero-order chi connectivity index (χ0) is 17.1. The Morgan fingerprint density at radius 3 is 2.79 bits per heavy atom. The molecule has 0 aliphatic carbocycles. The van der Waals surface area contributed by atoms with E-state index in [2.05, 4.69) is 49.6 Å². The SMILES string of the molecule is Cc1cccc(-n2ccnc2SCc2nc(N)nc(N(C)C)n2)c1. The number of nitrogens with two attached hydrogens (primary N) is 1. The first kappa shape index (κ1) is 16.3. The van der Waals surface area contributed by atoms with Gasteiger partial charge in [0.05, 0.1) is 5.75 Å². The number of aromatic nitrogens is 5. The monoisotopic (exact) mass is 341 g/mol. The maximum Gasteiger partial charge on any atom is 0.229 e. The lowest BCUT2D eigenvalue weighted by Gasteiger charge is -2.11. The van der Waals surface area contributed by atoms with Crippen LogP contribution in [0.1, 0.15) is 11.4 Å². The zero-order valence-corrected chi connectivity index (χ0v) is 14.7. The first-order valence-corrected chi connectivity index (χ1v) is 8.42. The summed E-state index contributed by atoms with van der Waals surface area (Å²) in [5.41, 5.74) is 8.05. The van der Waals surface area contributed by atoms with E-state index in [9.17, 15) is 0 Å². The van der Waals surface area contributed by atoms with Crippen molar-refractivity contribution in [2.24, 2.45) is 0 Å². The Labute approximate surface area is 145 Å². The largest absolute Gasteiger partial charge is 0.368 e. The van der Waals surface area contributed by atoms with Crippen molar-refractivity contribution >= 4 is 23.7 Å². The molecule has 0 saturated heterocycles. The van der Waals surface area contributed by atoms with Gasteiger partial charge in [-0.05, 0) is 24.6 Å². The molecule has 0 saturated carbocycles. The van der Waals surface area contributed by atoms with E-state index in [0.29, 0.717) is 17.5 Å². The van der Waals surface area contributed by atoms with Gasteiger partial charge < -0.3 is 10.6 Å². The average Bonchev–Trinajstić information content (AvgIpc) is 3.01. The summed E-state index contributed by atoms with van der Waals surface area (Å²) in [5.74, 6) is 1.98. The number of nitrogen functional groups attached to an aromatic ring is 1. The third kappa shape index (κ3) is 3.65. The van der Waals surface area contributed by atoms with Crippen molar-refractivity contribution < 1.29 is 0 Å². The van der Waals surface area contributed by atoms with E-state index in [1.54, 1.807) is 22.9 Å². The van der Waals surface area contributed by atoms with Crippen LogP contribution in [0.3, 0.4) is 0 Å². The molecule has 0 bridgehead atoms. The zero-order valence-electron chi connectivity index (χ0n) is 13.8. The molecule has 0 radical (unpaired) electrons. The van der Waals surface area contributed by atoms with Gasteiger partial charge in [-0.1, -0.05) is 23.9 Å². The van der Waals surface area contributed by atoms with Crippen LogP contribution < -0.4 is 10.6 Å². The van der Waals surface area contributed by atoms with Gasteiger partial charge >= 0.3 is 0 Å². The molecule has 2 N–H and O–H groups in total. The molecular weight excluding hydrogens is 322 g/mol. The number of aryl methyl sites for hydroxylation is 1. The lowest BCUT2D eigenvalue weighted by molar-refractivity contribution is 0.885. The number of hydrogen-bond acceptors (Lipinski definition) is 7. The number of thioether (sulfide) groups is 1. The van der Waals surface area contributed by atoms with E-state index in [1.165, 1.54) is 5.56 Å². The predicted molar refractivity (Wildman–Crippen MR) is 96.4 cm³/mol. The molecule has 0 atom stereocenters. The Morgan fingerprint density at radius 1 is 1.21 bits per heavy atom. The van der Waals surface area contributed by atoms with Crippen LogP contribution >= 0.6 is 11.8 Å². The fraction of sp³-hybridized carbons (Fsp3) is 0.250. The highest BCUT2D eigenvalue weighted by molar-refractivity contribution is 7.98. The molecule has 3 aromatic rings. The maximum absolute atomic E-state index is 5.76. The molecule has 8 heteroatoms. The Bertz CT molecular complexity index is 844. The molecule has 0 spiro atoms. The number of nitrogens with zero attached hydrogens (tertiary/aromatic N) is 6. The minimum atomic E-state index is 0.228. The van der Waals surface area contributed by atoms with E-state index in [1.807, 2.05) is 26.4 Å². The Morgan fingerprint density at radius 2 is 2.04 bits per heavy atom. The summed E-state index contributed by atoms with van der Waals surface area (Å²) in [7, 11) is 3.74. The fourth-order valence-corrected chi connectivity index (χ4v) is 3.02. The van der Waals surface area contributed by atoms with Crippen molar-refractivity contribution in [2.45, 2.75) is 17.8 Å². The van der Waals surface area contributed by atoms with Crippen LogP contribution in [0.4, 0.5) is 11.9 Å². The number of benzene rings is 1. The molecule has 2 aromatic heterocycles. The summed E-state index contributed by atoms with van der Waals surface area (Å²) in [6.45, 7) is 2.07. The van der Waals surface area contributed by atoms with Gasteiger partial charge in [-0.2, -0.15) is 15.0 Å². The smallest absolute Gasteiger partial charge is 0.229 e. The van der Waals surface area contributed by atoms with Crippen LogP contribution in [-0.4, -0.2) is 38.6 Å². The molecule has 24 heavy (non-hydrogen) atoms. The van der Waals surface area contributed by atoms with Gasteiger partial charge in [0.25, 0.3) is 0 Å². The van der Waals surface area contributed by atoms with Crippen molar-refractivity contribution in [3.05, 3.63) is 48.0 Å². The van der Waals surface area contributed by atoms with E-state index < -0.39 is 0 Å². The second kappa shape index (κ2) is 6.88. The van der Waals surface area contributed by atoms with Gasteiger partial charge in [-0.25, -0.2) is 4.98 Å². The van der Waals surface area contributed by atoms with E-state index in [0.717, 1.165) is 10.8 Å². The summed E-state index contributed by atoms with van der Waals surface area (Å²) in [6.07, 6.45) is 3.74. The second-order valence-electron chi connectivity index (χ2n) is 5.51. The third-order valence-electron chi connectivity index (χ3n) is 3.30. The quantitative estimate of drug-likeness (QED) is 0.713. The molecule has 7 nitrogen and oxygen atoms in total. The van der Waals surface area contributed by atoms with Crippen molar-refractivity contribution in [2.75, 3.05) is 24.7 Å². The predicted octanol–water partition coefficient (Wildman–Crippen LogP) is 2.31. The third-order valence-corrected chi connectivity index (χ3v) is 4.27. The fourth-order valence-electron chi connectivity index (χ4n) is 2.19. The summed E-state index contributed by atoms with van der Waals surface area (Å²) in [4.78, 5) is 19.0. The number of anilines is 2. The highest BCUT2D eigenvalue weighted by Gasteiger charge is 2.10. The van der Waals surface area contributed by atoms with Crippen molar-refractivity contribution in [1.82, 2.24) is 24.5 Å². The van der Waals surface area contributed by atoms with Crippen LogP contribution in [0.5, 0.6) is 0 Å². The van der Waals surface area contributed by atoms with Crippen molar-refractivity contribution in [1.29, 1.82) is 0 Å². The highest BCUT2D eigenvalue weighted by Crippen LogP contribution is 2.24. The van der Waals surface area contributed by atoms with E-state index in [4.69, 9.17) is 5.73 Å². The summed E-state index contributed by atoms with van der Waals surface area (Å²) in [6, 6.07) is 8.29. The second-order valence-corrected chi connectivity index (χ2v) is 6.45. The highest BCUT2D eigenvalue weighted by atomic mass is 32.2. The van der Waals surface area contributed by atoms with Crippen LogP contribution in [0.2, 0.25) is 0 Å². The van der Waals surface area contributed by atoms with Gasteiger partial charge in [0.1, 0.15) is 5.82 Å². The van der Waals surface area contributed by atoms with Gasteiger partial charge in [0.15, 0.2) is 5.16 Å². The maximum atomic E-state index is 5.76. The number of rotatable bonds is 5. The first-order valence-electron chi connectivity index (χ1n) is 7.44. The molecule has 0 amide bonds. The molecule has 3 rings (SSSR count). The Balaban J connectivity index is 1.80. The average molecular weight is 341 g/mol. The van der Waals surface area contributed by atoms with Crippen molar-refractivity contribution in [3.63, 3.8) is 0 Å². The minimum Gasteiger partial charge on any atom is -0.368 e. The standard InChI is InChI=1S/C16H19N7S/c1-11-5-4-6-12(9-11)23-8-7-18-16(23)24-10-13-19-14(17)21-15(20-13)22(2)3/h4-9H,10H2,1-3H3,(H2,17,19,20,21). The summed E-state index contributed by atoms with van der Waals surface area (Å²) >= 11 is 1.56. The molecule has 0 aliphatic heterocycles. The molecule has 2 heterocycles. The lowest BCUT2D eigenvalue weighted by Crippen LogP contribution is -2.16. The molecular formula is C16H19N7S. The molecule has 0 unspecified atom stereocenters. The minimum absolute atomic E-state index is 0.228. The Kier molecular flexibility index (Phi) is 4.66.